The number of fused-ring (bicyclic) bond motifs is 1. The Morgan fingerprint density at radius 1 is 1.27 bits per heavy atom. The van der Waals surface area contributed by atoms with Gasteiger partial charge in [0.25, 0.3) is 0 Å². The molecular weight excluding hydrogens is 280 g/mol. The first-order valence-corrected chi connectivity index (χ1v) is 7.49. The summed E-state index contributed by atoms with van der Waals surface area (Å²) in [6.45, 7) is 1.81. The number of aromatic amines is 1. The predicted octanol–water partition coefficient (Wildman–Crippen LogP) is 1.55. The van der Waals surface area contributed by atoms with Crippen LogP contribution in [0.1, 0.15) is 18.9 Å². The second kappa shape index (κ2) is 6.94. The lowest BCUT2D eigenvalue weighted by atomic mass is 9.92. The molecule has 0 aliphatic heterocycles. The number of rotatable bonds is 7. The maximum atomic E-state index is 12.2. The van der Waals surface area contributed by atoms with Gasteiger partial charge in [-0.25, -0.2) is 0 Å². The normalized spacial score (nSPS) is 11.8. The van der Waals surface area contributed by atoms with Crippen molar-refractivity contribution >= 4 is 16.8 Å². The molecule has 0 atom stereocenters. The Kier molecular flexibility index (Phi) is 5.21. The highest BCUT2D eigenvalue weighted by Gasteiger charge is 2.26. The number of aromatic nitrogens is 1. The van der Waals surface area contributed by atoms with Gasteiger partial charge >= 0.3 is 0 Å². The molecule has 0 fully saturated rings. The summed E-state index contributed by atoms with van der Waals surface area (Å²) in [7, 11) is 1.71. The van der Waals surface area contributed by atoms with Crippen LogP contribution in [0, 0.1) is 5.41 Å². The molecule has 0 bridgehead atoms. The van der Waals surface area contributed by atoms with Gasteiger partial charge in [-0.2, -0.15) is 0 Å². The molecule has 120 valence electrons. The lowest BCUT2D eigenvalue weighted by Gasteiger charge is -2.30. The van der Waals surface area contributed by atoms with E-state index in [1.54, 1.807) is 18.9 Å². The number of carbonyl (C=O) groups excluding carboxylic acids is 1. The summed E-state index contributed by atoms with van der Waals surface area (Å²) in [5.74, 6) is 0.0160. The van der Waals surface area contributed by atoms with Gasteiger partial charge < -0.3 is 20.1 Å². The first-order chi connectivity index (χ1) is 10.5. The minimum absolute atomic E-state index is 0.0160. The molecule has 1 aromatic heterocycles. The van der Waals surface area contributed by atoms with Crippen molar-refractivity contribution in [2.75, 3.05) is 26.8 Å². The monoisotopic (exact) mass is 304 g/mol. The molecular formula is C17H24N2O3. The zero-order valence-corrected chi connectivity index (χ0v) is 13.2. The molecule has 0 aliphatic rings. The summed E-state index contributed by atoms with van der Waals surface area (Å²) < 4.78 is 0. The largest absolute Gasteiger partial charge is 0.396 e. The van der Waals surface area contributed by atoms with Gasteiger partial charge in [0.05, 0.1) is 13.2 Å². The van der Waals surface area contributed by atoms with Gasteiger partial charge in [-0.1, -0.05) is 13.0 Å². The molecule has 0 saturated carbocycles. The molecule has 1 heterocycles. The number of carbonyl (C=O) groups is 1. The highest BCUT2D eigenvalue weighted by molar-refractivity contribution is 5.80. The number of aliphatic hydroxyl groups excluding tert-OH is 2. The second-order valence-corrected chi connectivity index (χ2v) is 6.28. The van der Waals surface area contributed by atoms with Gasteiger partial charge in [0.1, 0.15) is 0 Å². The summed E-state index contributed by atoms with van der Waals surface area (Å²) in [5, 5.41) is 19.8. The van der Waals surface area contributed by atoms with Crippen LogP contribution in [0.3, 0.4) is 0 Å². The average molecular weight is 304 g/mol. The van der Waals surface area contributed by atoms with E-state index in [2.05, 4.69) is 11.1 Å². The van der Waals surface area contributed by atoms with Crippen molar-refractivity contribution in [3.63, 3.8) is 0 Å². The third-order valence-corrected chi connectivity index (χ3v) is 4.05. The van der Waals surface area contributed by atoms with Crippen molar-refractivity contribution in [3.8, 4) is 0 Å². The molecule has 5 heteroatoms. The van der Waals surface area contributed by atoms with E-state index in [-0.39, 0.29) is 19.1 Å². The number of nitrogens with one attached hydrogen (secondary N) is 1. The Morgan fingerprint density at radius 2 is 2.00 bits per heavy atom. The average Bonchev–Trinajstić information content (AvgIpc) is 2.99. The van der Waals surface area contributed by atoms with Crippen LogP contribution >= 0.6 is 0 Å². The van der Waals surface area contributed by atoms with Gasteiger partial charge in [-0.05, 0) is 35.6 Å². The molecule has 0 unspecified atom stereocenters. The number of hydrogen-bond donors (Lipinski definition) is 3. The third kappa shape index (κ3) is 3.87. The van der Waals surface area contributed by atoms with Gasteiger partial charge in [-0.15, -0.1) is 0 Å². The van der Waals surface area contributed by atoms with Crippen molar-refractivity contribution in [2.45, 2.75) is 19.8 Å². The molecule has 2 aromatic rings. The fraction of sp³-hybridized carbons (Fsp3) is 0.471. The second-order valence-electron chi connectivity index (χ2n) is 6.28. The SMILES string of the molecule is CN(CC(C)(CO)CO)C(=O)CCc1ccc2[nH]ccc2c1. The predicted molar refractivity (Wildman–Crippen MR) is 86.5 cm³/mol. The number of aryl methyl sites for hydroxylation is 1. The van der Waals surface area contributed by atoms with Crippen molar-refractivity contribution in [1.29, 1.82) is 0 Å². The molecule has 1 aromatic carbocycles. The van der Waals surface area contributed by atoms with E-state index in [1.165, 1.54) is 0 Å². The van der Waals surface area contributed by atoms with Gasteiger partial charge in [0, 0.05) is 37.1 Å². The van der Waals surface area contributed by atoms with E-state index >= 15 is 0 Å². The summed E-state index contributed by atoms with van der Waals surface area (Å²) in [4.78, 5) is 16.9. The molecule has 1 amide bonds. The summed E-state index contributed by atoms with van der Waals surface area (Å²) in [6.07, 6.45) is 3.00. The Hall–Kier alpha value is -1.85. The van der Waals surface area contributed by atoms with Crippen molar-refractivity contribution in [2.24, 2.45) is 5.41 Å². The van der Waals surface area contributed by atoms with Crippen LogP contribution < -0.4 is 0 Å². The highest BCUT2D eigenvalue weighted by Crippen LogP contribution is 2.18. The highest BCUT2D eigenvalue weighted by atomic mass is 16.3. The topological polar surface area (TPSA) is 76.6 Å². The van der Waals surface area contributed by atoms with E-state index in [9.17, 15) is 15.0 Å². The number of amides is 1. The molecule has 5 nitrogen and oxygen atoms in total. The number of H-pyrrole nitrogens is 1. The standard InChI is InChI=1S/C17H24N2O3/c1-17(11-20,12-21)10-19(2)16(22)6-4-13-3-5-15-14(9-13)7-8-18-15/h3,5,7-9,18,20-21H,4,6,10-12H2,1-2H3. The maximum Gasteiger partial charge on any atom is 0.222 e. The first kappa shape index (κ1) is 16.5. The minimum atomic E-state index is -0.658. The summed E-state index contributed by atoms with van der Waals surface area (Å²) in [5.41, 5.74) is 1.56. The lowest BCUT2D eigenvalue weighted by molar-refractivity contribution is -0.132. The smallest absolute Gasteiger partial charge is 0.222 e. The lowest BCUT2D eigenvalue weighted by Crippen LogP contribution is -2.41. The Morgan fingerprint density at radius 3 is 2.68 bits per heavy atom. The van der Waals surface area contributed by atoms with Crippen LogP contribution in [0.5, 0.6) is 0 Å². The molecule has 2 rings (SSSR count). The third-order valence-electron chi connectivity index (χ3n) is 4.05. The molecule has 0 spiro atoms. The van der Waals surface area contributed by atoms with Crippen LogP contribution in [-0.2, 0) is 11.2 Å². The van der Waals surface area contributed by atoms with Gasteiger partial charge in [0.2, 0.25) is 5.91 Å². The van der Waals surface area contributed by atoms with E-state index in [4.69, 9.17) is 0 Å². The molecule has 0 saturated heterocycles. The zero-order chi connectivity index (χ0) is 16.2. The zero-order valence-electron chi connectivity index (χ0n) is 13.2. The van der Waals surface area contributed by atoms with Gasteiger partial charge in [-0.3, -0.25) is 4.79 Å². The Labute approximate surface area is 130 Å². The van der Waals surface area contributed by atoms with Gasteiger partial charge in [0.15, 0.2) is 0 Å². The number of aliphatic hydroxyl groups is 2. The summed E-state index contributed by atoms with van der Waals surface area (Å²) >= 11 is 0. The van der Waals surface area contributed by atoms with Crippen LogP contribution in [0.4, 0.5) is 0 Å². The molecule has 3 N–H and O–H groups in total. The van der Waals surface area contributed by atoms with Crippen LogP contribution in [-0.4, -0.2) is 52.8 Å². The first-order valence-electron chi connectivity index (χ1n) is 7.49. The van der Waals surface area contributed by atoms with E-state index in [0.29, 0.717) is 19.4 Å². The van der Waals surface area contributed by atoms with E-state index in [0.717, 1.165) is 16.5 Å². The van der Waals surface area contributed by atoms with Crippen molar-refractivity contribution in [3.05, 3.63) is 36.0 Å². The van der Waals surface area contributed by atoms with Crippen LogP contribution in [0.15, 0.2) is 30.5 Å². The molecule has 0 radical (unpaired) electrons. The number of hydrogen-bond acceptors (Lipinski definition) is 3. The van der Waals surface area contributed by atoms with E-state index < -0.39 is 5.41 Å². The van der Waals surface area contributed by atoms with Crippen LogP contribution in [0.25, 0.3) is 10.9 Å². The fourth-order valence-corrected chi connectivity index (χ4v) is 2.51. The Bertz CT molecular complexity index is 632. The summed E-state index contributed by atoms with van der Waals surface area (Å²) in [6, 6.07) is 8.15. The number of benzene rings is 1. The Balaban J connectivity index is 1.91. The quantitative estimate of drug-likeness (QED) is 0.726. The number of nitrogens with zero attached hydrogens (tertiary/aromatic N) is 1. The van der Waals surface area contributed by atoms with Crippen molar-refractivity contribution in [1.82, 2.24) is 9.88 Å². The minimum Gasteiger partial charge on any atom is -0.396 e. The molecule has 22 heavy (non-hydrogen) atoms. The van der Waals surface area contributed by atoms with E-state index in [1.807, 2.05) is 24.4 Å². The van der Waals surface area contributed by atoms with Crippen LogP contribution in [0.2, 0.25) is 0 Å². The van der Waals surface area contributed by atoms with Crippen molar-refractivity contribution < 1.29 is 15.0 Å². The maximum absolute atomic E-state index is 12.2. The molecule has 0 aliphatic carbocycles. The fourth-order valence-electron chi connectivity index (χ4n) is 2.51.